The van der Waals surface area contributed by atoms with Gasteiger partial charge in [0.1, 0.15) is 5.75 Å². The molecule has 1 aromatic carbocycles. The highest BCUT2D eigenvalue weighted by Gasteiger charge is 2.28. The minimum absolute atomic E-state index is 0.0993. The smallest absolute Gasteiger partial charge is 0.324 e. The van der Waals surface area contributed by atoms with Crippen molar-refractivity contribution in [1.82, 2.24) is 9.88 Å². The van der Waals surface area contributed by atoms with Crippen molar-refractivity contribution in [3.63, 3.8) is 0 Å². The molecule has 0 unspecified atom stereocenters. The van der Waals surface area contributed by atoms with E-state index >= 15 is 0 Å². The summed E-state index contributed by atoms with van der Waals surface area (Å²) in [5, 5.41) is 0.719. The van der Waals surface area contributed by atoms with Crippen LogP contribution in [0.1, 0.15) is 25.7 Å². The summed E-state index contributed by atoms with van der Waals surface area (Å²) in [6.45, 7) is 3.07. The Balaban J connectivity index is 1.28. The highest BCUT2D eigenvalue weighted by Crippen LogP contribution is 2.20. The van der Waals surface area contributed by atoms with E-state index in [1.165, 1.54) is 0 Å². The molecule has 1 aromatic heterocycles. The monoisotopic (exact) mass is 373 g/mol. The van der Waals surface area contributed by atoms with E-state index in [4.69, 9.17) is 16.3 Å². The Morgan fingerprint density at radius 2 is 1.69 bits per heavy atom. The molecule has 0 aliphatic carbocycles. The number of carbonyl (C=O) groups is 1. The molecule has 138 valence electrons. The van der Waals surface area contributed by atoms with Gasteiger partial charge in [-0.05, 0) is 49.2 Å². The number of aromatic nitrogens is 1. The van der Waals surface area contributed by atoms with Crippen molar-refractivity contribution < 1.29 is 9.53 Å². The van der Waals surface area contributed by atoms with Crippen LogP contribution in [0, 0.1) is 0 Å². The number of carbonyl (C=O) groups excluding carboxylic acids is 1. The average Bonchev–Trinajstić information content (AvgIpc) is 3.04. The maximum atomic E-state index is 12.5. The first-order valence-corrected chi connectivity index (χ1v) is 9.47. The maximum Gasteiger partial charge on any atom is 0.324 e. The molecule has 0 atom stereocenters. The zero-order valence-electron chi connectivity index (χ0n) is 14.8. The summed E-state index contributed by atoms with van der Waals surface area (Å²) in [6, 6.07) is 11.3. The first-order valence-electron chi connectivity index (χ1n) is 9.09. The lowest BCUT2D eigenvalue weighted by Crippen LogP contribution is -2.32. The summed E-state index contributed by atoms with van der Waals surface area (Å²) in [6.07, 6.45) is 7.68. The van der Waals surface area contributed by atoms with E-state index in [1.54, 1.807) is 12.4 Å². The van der Waals surface area contributed by atoms with E-state index in [1.807, 2.05) is 46.2 Å². The molecule has 2 amide bonds. The predicted octanol–water partition coefficient (Wildman–Crippen LogP) is 4.62. The van der Waals surface area contributed by atoms with Crippen LogP contribution in [0.2, 0.25) is 5.02 Å². The molecule has 2 heterocycles. The van der Waals surface area contributed by atoms with Crippen molar-refractivity contribution in [2.24, 2.45) is 0 Å². The first kappa shape index (κ1) is 18.5. The van der Waals surface area contributed by atoms with Gasteiger partial charge in [0, 0.05) is 42.7 Å². The summed E-state index contributed by atoms with van der Waals surface area (Å²) in [4.78, 5) is 20.2. The molecule has 0 saturated carbocycles. The number of rotatable bonds is 9. The van der Waals surface area contributed by atoms with Gasteiger partial charge in [0.15, 0.2) is 0 Å². The Bertz CT molecular complexity index is 694. The molecule has 1 aliphatic heterocycles. The van der Waals surface area contributed by atoms with Crippen LogP contribution in [0.4, 0.5) is 10.5 Å². The standard InChI is InChI=1S/C20H24ClN3O2/c21-17-5-7-19(8-6-17)26-16-4-2-1-3-13-23-14-15-24(20(23)25)18-9-11-22-12-10-18/h5-12H,1-4,13-16H2. The van der Waals surface area contributed by atoms with Gasteiger partial charge in [0.05, 0.1) is 6.61 Å². The molecule has 0 spiro atoms. The number of halogens is 1. The van der Waals surface area contributed by atoms with Gasteiger partial charge < -0.3 is 9.64 Å². The molecular weight excluding hydrogens is 350 g/mol. The van der Waals surface area contributed by atoms with Crippen LogP contribution >= 0.6 is 11.6 Å². The molecule has 2 aromatic rings. The average molecular weight is 374 g/mol. The van der Waals surface area contributed by atoms with Crippen molar-refractivity contribution in [2.45, 2.75) is 25.7 Å². The summed E-state index contributed by atoms with van der Waals surface area (Å²) < 4.78 is 5.69. The zero-order valence-corrected chi connectivity index (χ0v) is 15.6. The molecular formula is C20H24ClN3O2. The third-order valence-electron chi connectivity index (χ3n) is 4.47. The number of urea groups is 1. The molecule has 1 fully saturated rings. The number of nitrogens with zero attached hydrogens (tertiary/aromatic N) is 3. The fraction of sp³-hybridized carbons (Fsp3) is 0.400. The molecule has 0 radical (unpaired) electrons. The minimum Gasteiger partial charge on any atom is -0.494 e. The lowest BCUT2D eigenvalue weighted by atomic mass is 10.2. The van der Waals surface area contributed by atoms with Gasteiger partial charge in [-0.3, -0.25) is 9.88 Å². The molecule has 6 heteroatoms. The van der Waals surface area contributed by atoms with Crippen molar-refractivity contribution >= 4 is 23.3 Å². The van der Waals surface area contributed by atoms with Gasteiger partial charge in [0.25, 0.3) is 0 Å². The Labute approximate surface area is 159 Å². The van der Waals surface area contributed by atoms with Crippen LogP contribution in [0.25, 0.3) is 0 Å². The second kappa shape index (κ2) is 9.43. The Morgan fingerprint density at radius 3 is 2.46 bits per heavy atom. The summed E-state index contributed by atoms with van der Waals surface area (Å²) >= 11 is 5.85. The molecule has 1 aliphatic rings. The molecule has 0 N–H and O–H groups in total. The van der Waals surface area contributed by atoms with Crippen LogP contribution in [-0.4, -0.2) is 42.2 Å². The van der Waals surface area contributed by atoms with Crippen LogP contribution in [0.3, 0.4) is 0 Å². The third-order valence-corrected chi connectivity index (χ3v) is 4.73. The van der Waals surface area contributed by atoms with E-state index in [0.29, 0.717) is 6.61 Å². The summed E-state index contributed by atoms with van der Waals surface area (Å²) in [7, 11) is 0. The number of pyridine rings is 1. The van der Waals surface area contributed by atoms with Crippen LogP contribution in [-0.2, 0) is 0 Å². The molecule has 5 nitrogen and oxygen atoms in total. The molecule has 26 heavy (non-hydrogen) atoms. The van der Waals surface area contributed by atoms with Gasteiger partial charge in [0.2, 0.25) is 0 Å². The lowest BCUT2D eigenvalue weighted by Gasteiger charge is -2.18. The van der Waals surface area contributed by atoms with Crippen molar-refractivity contribution in [3.8, 4) is 5.75 Å². The fourth-order valence-corrected chi connectivity index (χ4v) is 3.16. The van der Waals surface area contributed by atoms with Gasteiger partial charge in [-0.15, -0.1) is 0 Å². The normalized spacial score (nSPS) is 14.1. The number of benzene rings is 1. The fourth-order valence-electron chi connectivity index (χ4n) is 3.03. The number of unbranched alkanes of at least 4 members (excludes halogenated alkanes) is 3. The van der Waals surface area contributed by atoms with E-state index < -0.39 is 0 Å². The second-order valence-electron chi connectivity index (χ2n) is 6.34. The van der Waals surface area contributed by atoms with Crippen molar-refractivity contribution in [3.05, 3.63) is 53.8 Å². The largest absolute Gasteiger partial charge is 0.494 e. The highest BCUT2D eigenvalue weighted by molar-refractivity contribution is 6.30. The SMILES string of the molecule is O=C1N(CCCCCCOc2ccc(Cl)cc2)CCN1c1ccncc1. The summed E-state index contributed by atoms with van der Waals surface area (Å²) in [5.74, 6) is 0.855. The number of anilines is 1. The maximum absolute atomic E-state index is 12.5. The predicted molar refractivity (Wildman–Crippen MR) is 104 cm³/mol. The highest BCUT2D eigenvalue weighted by atomic mass is 35.5. The number of amides is 2. The second-order valence-corrected chi connectivity index (χ2v) is 6.78. The van der Waals surface area contributed by atoms with Crippen molar-refractivity contribution in [2.75, 3.05) is 31.1 Å². The number of ether oxygens (including phenoxy) is 1. The van der Waals surface area contributed by atoms with Crippen LogP contribution < -0.4 is 9.64 Å². The quantitative estimate of drug-likeness (QED) is 0.602. The number of hydrogen-bond acceptors (Lipinski definition) is 3. The zero-order chi connectivity index (χ0) is 18.2. The third kappa shape index (κ3) is 5.11. The molecule has 1 saturated heterocycles. The van der Waals surface area contributed by atoms with Crippen LogP contribution in [0.5, 0.6) is 5.75 Å². The Morgan fingerprint density at radius 1 is 0.962 bits per heavy atom. The van der Waals surface area contributed by atoms with Gasteiger partial charge in [-0.1, -0.05) is 24.4 Å². The molecule has 3 rings (SSSR count). The van der Waals surface area contributed by atoms with E-state index in [0.717, 1.165) is 61.8 Å². The first-order chi connectivity index (χ1) is 12.7. The topological polar surface area (TPSA) is 45.7 Å². The Hall–Kier alpha value is -2.27. The summed E-state index contributed by atoms with van der Waals surface area (Å²) in [5.41, 5.74) is 0.923. The number of hydrogen-bond donors (Lipinski definition) is 0. The Kier molecular flexibility index (Phi) is 6.72. The van der Waals surface area contributed by atoms with E-state index in [9.17, 15) is 4.79 Å². The minimum atomic E-state index is 0.0993. The van der Waals surface area contributed by atoms with E-state index in [2.05, 4.69) is 4.98 Å². The van der Waals surface area contributed by atoms with Gasteiger partial charge in [-0.2, -0.15) is 0 Å². The van der Waals surface area contributed by atoms with Gasteiger partial charge in [-0.25, -0.2) is 4.79 Å². The van der Waals surface area contributed by atoms with Gasteiger partial charge >= 0.3 is 6.03 Å². The molecule has 0 bridgehead atoms. The van der Waals surface area contributed by atoms with Crippen LogP contribution in [0.15, 0.2) is 48.8 Å². The van der Waals surface area contributed by atoms with E-state index in [-0.39, 0.29) is 6.03 Å². The van der Waals surface area contributed by atoms with Crippen molar-refractivity contribution in [1.29, 1.82) is 0 Å². The lowest BCUT2D eigenvalue weighted by molar-refractivity contribution is 0.219.